The maximum atomic E-state index is 13.5. The van der Waals surface area contributed by atoms with Gasteiger partial charge in [-0.25, -0.2) is 4.39 Å². The van der Waals surface area contributed by atoms with E-state index in [1.165, 1.54) is 6.07 Å². The normalized spacial score (nSPS) is 10.9. The van der Waals surface area contributed by atoms with Crippen LogP contribution in [0, 0.1) is 5.82 Å². The molecular weight excluding hydrogens is 295 g/mol. The first-order valence-corrected chi connectivity index (χ1v) is 6.37. The standard InChI is InChI=1S/C15H10F3N3O/c16-11-3-1-2-4-12(11)19-10-7-5-9(6-8-10)14-20-21-15(22-14)13(17)18/h1-8,13,19H. The highest BCUT2D eigenvalue weighted by Crippen LogP contribution is 2.25. The van der Waals surface area contributed by atoms with Crippen LogP contribution in [0.5, 0.6) is 0 Å². The molecule has 0 spiro atoms. The highest BCUT2D eigenvalue weighted by Gasteiger charge is 2.16. The fourth-order valence-electron chi connectivity index (χ4n) is 1.85. The number of rotatable bonds is 4. The molecule has 1 N–H and O–H groups in total. The van der Waals surface area contributed by atoms with Gasteiger partial charge in [0.15, 0.2) is 0 Å². The molecule has 4 nitrogen and oxygen atoms in total. The first-order chi connectivity index (χ1) is 10.6. The molecule has 0 aliphatic rings. The Morgan fingerprint density at radius 1 is 0.955 bits per heavy atom. The van der Waals surface area contributed by atoms with Gasteiger partial charge in [0.1, 0.15) is 5.82 Å². The summed E-state index contributed by atoms with van der Waals surface area (Å²) in [4.78, 5) is 0. The average molecular weight is 305 g/mol. The van der Waals surface area contributed by atoms with Crippen molar-refractivity contribution in [3.63, 3.8) is 0 Å². The monoisotopic (exact) mass is 305 g/mol. The minimum atomic E-state index is -2.80. The van der Waals surface area contributed by atoms with Crippen molar-refractivity contribution in [2.75, 3.05) is 5.32 Å². The van der Waals surface area contributed by atoms with E-state index in [1.807, 2.05) is 0 Å². The summed E-state index contributed by atoms with van der Waals surface area (Å²) in [6, 6.07) is 12.8. The van der Waals surface area contributed by atoms with Gasteiger partial charge in [0.05, 0.1) is 5.69 Å². The Morgan fingerprint density at radius 2 is 1.68 bits per heavy atom. The number of hydrogen-bond donors (Lipinski definition) is 1. The lowest BCUT2D eigenvalue weighted by molar-refractivity contribution is 0.116. The zero-order chi connectivity index (χ0) is 15.5. The summed E-state index contributed by atoms with van der Waals surface area (Å²) < 4.78 is 43.2. The minimum Gasteiger partial charge on any atom is -0.415 e. The highest BCUT2D eigenvalue weighted by molar-refractivity contribution is 5.64. The molecule has 0 aliphatic carbocycles. The van der Waals surface area contributed by atoms with Crippen molar-refractivity contribution in [2.24, 2.45) is 0 Å². The van der Waals surface area contributed by atoms with E-state index in [0.29, 0.717) is 16.9 Å². The molecule has 0 bridgehead atoms. The quantitative estimate of drug-likeness (QED) is 0.768. The van der Waals surface area contributed by atoms with E-state index in [-0.39, 0.29) is 11.7 Å². The van der Waals surface area contributed by atoms with Gasteiger partial charge in [0.25, 0.3) is 5.89 Å². The first-order valence-electron chi connectivity index (χ1n) is 6.37. The summed E-state index contributed by atoms with van der Waals surface area (Å²) in [5.74, 6) is -1.08. The van der Waals surface area contributed by atoms with Crippen molar-refractivity contribution in [3.8, 4) is 11.5 Å². The van der Waals surface area contributed by atoms with Crippen molar-refractivity contribution >= 4 is 11.4 Å². The van der Waals surface area contributed by atoms with Gasteiger partial charge >= 0.3 is 6.43 Å². The lowest BCUT2D eigenvalue weighted by atomic mass is 10.2. The summed E-state index contributed by atoms with van der Waals surface area (Å²) in [6.07, 6.45) is -2.80. The number of nitrogens with zero attached hydrogens (tertiary/aromatic N) is 2. The lowest BCUT2D eigenvalue weighted by Crippen LogP contribution is -1.93. The average Bonchev–Trinajstić information content (AvgIpc) is 3.00. The van der Waals surface area contributed by atoms with Crippen LogP contribution in [-0.2, 0) is 0 Å². The van der Waals surface area contributed by atoms with Crippen LogP contribution in [0.3, 0.4) is 0 Å². The van der Waals surface area contributed by atoms with E-state index in [0.717, 1.165) is 0 Å². The molecule has 3 rings (SSSR count). The van der Waals surface area contributed by atoms with Crippen LogP contribution in [-0.4, -0.2) is 10.2 Å². The molecule has 0 aliphatic heterocycles. The molecule has 22 heavy (non-hydrogen) atoms. The summed E-state index contributed by atoms with van der Waals surface area (Å²) >= 11 is 0. The number of nitrogens with one attached hydrogen (secondary N) is 1. The zero-order valence-corrected chi connectivity index (χ0v) is 11.1. The third-order valence-corrected chi connectivity index (χ3v) is 2.91. The van der Waals surface area contributed by atoms with Crippen molar-refractivity contribution < 1.29 is 17.6 Å². The molecule has 2 aromatic carbocycles. The molecule has 0 radical (unpaired) electrons. The predicted octanol–water partition coefficient (Wildman–Crippen LogP) is 4.56. The van der Waals surface area contributed by atoms with Crippen LogP contribution in [0.25, 0.3) is 11.5 Å². The Bertz CT molecular complexity index is 772. The second-order valence-corrected chi connectivity index (χ2v) is 4.43. The molecule has 0 atom stereocenters. The van der Waals surface area contributed by atoms with E-state index < -0.39 is 12.3 Å². The molecule has 1 aromatic heterocycles. The maximum Gasteiger partial charge on any atom is 0.314 e. The number of para-hydroxylation sites is 1. The fourth-order valence-corrected chi connectivity index (χ4v) is 1.85. The van der Waals surface area contributed by atoms with Crippen molar-refractivity contribution in [2.45, 2.75) is 6.43 Å². The molecule has 112 valence electrons. The van der Waals surface area contributed by atoms with E-state index in [4.69, 9.17) is 4.42 Å². The molecule has 0 unspecified atom stereocenters. The number of hydrogen-bond acceptors (Lipinski definition) is 4. The van der Waals surface area contributed by atoms with Crippen LogP contribution in [0.2, 0.25) is 0 Å². The Kier molecular flexibility index (Phi) is 3.78. The molecular formula is C15H10F3N3O. The van der Waals surface area contributed by atoms with E-state index in [2.05, 4.69) is 15.5 Å². The summed E-state index contributed by atoms with van der Waals surface area (Å²) in [5.41, 5.74) is 1.48. The van der Waals surface area contributed by atoms with Crippen LogP contribution < -0.4 is 5.32 Å². The van der Waals surface area contributed by atoms with E-state index >= 15 is 0 Å². The van der Waals surface area contributed by atoms with Crippen molar-refractivity contribution in [1.29, 1.82) is 0 Å². The second-order valence-electron chi connectivity index (χ2n) is 4.43. The Morgan fingerprint density at radius 3 is 2.32 bits per heavy atom. The van der Waals surface area contributed by atoms with E-state index in [9.17, 15) is 13.2 Å². The minimum absolute atomic E-state index is 0.00717. The third kappa shape index (κ3) is 2.93. The molecule has 3 aromatic rings. The number of aromatic nitrogens is 2. The Balaban J connectivity index is 1.79. The van der Waals surface area contributed by atoms with Crippen LogP contribution in [0.4, 0.5) is 24.5 Å². The Hall–Kier alpha value is -2.83. The third-order valence-electron chi connectivity index (χ3n) is 2.91. The van der Waals surface area contributed by atoms with Crippen LogP contribution >= 0.6 is 0 Å². The molecule has 1 heterocycles. The van der Waals surface area contributed by atoms with Gasteiger partial charge in [-0.15, -0.1) is 10.2 Å². The van der Waals surface area contributed by atoms with Crippen molar-refractivity contribution in [1.82, 2.24) is 10.2 Å². The van der Waals surface area contributed by atoms with Gasteiger partial charge < -0.3 is 9.73 Å². The summed E-state index contributed by atoms with van der Waals surface area (Å²) in [5, 5.41) is 9.73. The summed E-state index contributed by atoms with van der Waals surface area (Å²) in [6.45, 7) is 0. The van der Waals surface area contributed by atoms with Gasteiger partial charge in [0, 0.05) is 11.3 Å². The van der Waals surface area contributed by atoms with Crippen molar-refractivity contribution in [3.05, 3.63) is 60.2 Å². The van der Waals surface area contributed by atoms with Gasteiger partial charge in [-0.2, -0.15) is 8.78 Å². The smallest absolute Gasteiger partial charge is 0.314 e. The zero-order valence-electron chi connectivity index (χ0n) is 11.1. The number of benzene rings is 2. The topological polar surface area (TPSA) is 51.0 Å². The highest BCUT2D eigenvalue weighted by atomic mass is 19.3. The Labute approximate surface area is 123 Å². The molecule has 7 heteroatoms. The van der Waals surface area contributed by atoms with Crippen LogP contribution in [0.1, 0.15) is 12.3 Å². The van der Waals surface area contributed by atoms with Gasteiger partial charge in [-0.1, -0.05) is 12.1 Å². The number of halogens is 3. The fraction of sp³-hybridized carbons (Fsp3) is 0.0667. The van der Waals surface area contributed by atoms with Gasteiger partial charge in [-0.05, 0) is 36.4 Å². The first kappa shape index (κ1) is 14.1. The predicted molar refractivity (Wildman–Crippen MR) is 74.4 cm³/mol. The molecule has 0 saturated heterocycles. The molecule has 0 saturated carbocycles. The van der Waals surface area contributed by atoms with Crippen LogP contribution in [0.15, 0.2) is 52.9 Å². The van der Waals surface area contributed by atoms with E-state index in [1.54, 1.807) is 42.5 Å². The van der Waals surface area contributed by atoms with Gasteiger partial charge in [0.2, 0.25) is 5.89 Å². The second kappa shape index (κ2) is 5.88. The SMILES string of the molecule is Fc1ccccc1Nc1ccc(-c2nnc(C(F)F)o2)cc1. The number of alkyl halides is 2. The largest absolute Gasteiger partial charge is 0.415 e. The molecule has 0 amide bonds. The molecule has 0 fully saturated rings. The number of anilines is 2. The summed E-state index contributed by atoms with van der Waals surface area (Å²) in [7, 11) is 0. The van der Waals surface area contributed by atoms with Gasteiger partial charge in [-0.3, -0.25) is 0 Å². The maximum absolute atomic E-state index is 13.5. The lowest BCUT2D eigenvalue weighted by Gasteiger charge is -2.07.